The van der Waals surface area contributed by atoms with E-state index in [1.807, 2.05) is 42.5 Å². The average Bonchev–Trinajstić information content (AvgIpc) is 2.54. The molecule has 0 radical (unpaired) electrons. The number of nitriles is 1. The third-order valence-corrected chi connectivity index (χ3v) is 3.58. The Hall–Kier alpha value is -2.67. The number of nitrogens with zero attached hydrogens (tertiary/aromatic N) is 4. The minimum atomic E-state index is 0.442. The summed E-state index contributed by atoms with van der Waals surface area (Å²) >= 11 is 0. The molecule has 0 unspecified atom stereocenters. The van der Waals surface area contributed by atoms with Crippen molar-refractivity contribution in [3.8, 4) is 6.07 Å². The molecule has 0 N–H and O–H groups in total. The van der Waals surface area contributed by atoms with Gasteiger partial charge in [0.05, 0.1) is 17.4 Å². The molecule has 0 atom stereocenters. The molecule has 0 aliphatic carbocycles. The Morgan fingerprint density at radius 3 is 2.67 bits per heavy atom. The molecule has 0 saturated carbocycles. The Labute approximate surface area is 124 Å². The summed E-state index contributed by atoms with van der Waals surface area (Å²) in [4.78, 5) is 2.12. The summed E-state index contributed by atoms with van der Waals surface area (Å²) < 4.78 is 0. The van der Waals surface area contributed by atoms with Gasteiger partial charge >= 0.3 is 0 Å². The predicted octanol–water partition coefficient (Wildman–Crippen LogP) is 4.38. The summed E-state index contributed by atoms with van der Waals surface area (Å²) in [7, 11) is 0. The summed E-state index contributed by atoms with van der Waals surface area (Å²) in [5, 5.41) is 17.4. The number of benzene rings is 2. The van der Waals surface area contributed by atoms with Gasteiger partial charge in [0.2, 0.25) is 0 Å². The van der Waals surface area contributed by atoms with E-state index in [0.29, 0.717) is 6.54 Å². The molecule has 4 nitrogen and oxygen atoms in total. The normalized spacial score (nSPS) is 14.0. The lowest BCUT2D eigenvalue weighted by molar-refractivity contribution is 0.724. The summed E-state index contributed by atoms with van der Waals surface area (Å²) in [6.45, 7) is 1.39. The van der Waals surface area contributed by atoms with Gasteiger partial charge in [0.15, 0.2) is 0 Å². The number of hydrogen-bond acceptors (Lipinski definition) is 4. The van der Waals surface area contributed by atoms with Crippen LogP contribution in [-0.4, -0.2) is 13.1 Å². The van der Waals surface area contributed by atoms with E-state index in [0.717, 1.165) is 36.4 Å². The zero-order chi connectivity index (χ0) is 14.5. The van der Waals surface area contributed by atoms with E-state index >= 15 is 0 Å². The highest BCUT2D eigenvalue weighted by Gasteiger charge is 2.16. The van der Waals surface area contributed by atoms with E-state index in [-0.39, 0.29) is 0 Å². The van der Waals surface area contributed by atoms with Gasteiger partial charge in [0, 0.05) is 12.2 Å². The van der Waals surface area contributed by atoms with Crippen LogP contribution in [0.3, 0.4) is 0 Å². The highest BCUT2D eigenvalue weighted by Crippen LogP contribution is 2.31. The largest absolute Gasteiger partial charge is 0.358 e. The Kier molecular flexibility index (Phi) is 3.92. The second-order valence-corrected chi connectivity index (χ2v) is 5.03. The number of azo groups is 1. The van der Waals surface area contributed by atoms with Gasteiger partial charge in [0.25, 0.3) is 0 Å². The molecule has 1 aliphatic rings. The standard InChI is InChI=1S/C17H16N4/c18-10-12-21-11-4-5-14-13-16(8-9-17(14)21)20-19-15-6-2-1-3-7-15/h1-3,6-9,13H,4-5,11-12H2. The summed E-state index contributed by atoms with van der Waals surface area (Å²) in [6, 6.07) is 18.0. The number of aryl methyl sites for hydroxylation is 1. The lowest BCUT2D eigenvalue weighted by atomic mass is 10.0. The van der Waals surface area contributed by atoms with Gasteiger partial charge in [-0.15, -0.1) is 0 Å². The van der Waals surface area contributed by atoms with Gasteiger partial charge in [-0.25, -0.2) is 0 Å². The number of anilines is 1. The van der Waals surface area contributed by atoms with E-state index in [2.05, 4.69) is 27.3 Å². The number of fused-ring (bicyclic) bond motifs is 1. The molecule has 0 amide bonds. The van der Waals surface area contributed by atoms with E-state index in [4.69, 9.17) is 5.26 Å². The second kappa shape index (κ2) is 6.19. The van der Waals surface area contributed by atoms with Gasteiger partial charge in [-0.05, 0) is 48.7 Å². The maximum atomic E-state index is 8.88. The molecule has 0 fully saturated rings. The van der Waals surface area contributed by atoms with Crippen LogP contribution < -0.4 is 4.90 Å². The van der Waals surface area contributed by atoms with E-state index in [1.54, 1.807) is 0 Å². The minimum Gasteiger partial charge on any atom is -0.358 e. The molecule has 0 aromatic heterocycles. The van der Waals surface area contributed by atoms with Crippen molar-refractivity contribution in [3.63, 3.8) is 0 Å². The summed E-state index contributed by atoms with van der Waals surface area (Å²) in [5.41, 5.74) is 4.11. The quantitative estimate of drug-likeness (QED) is 0.617. The first-order chi connectivity index (χ1) is 10.4. The van der Waals surface area contributed by atoms with Crippen molar-refractivity contribution >= 4 is 17.1 Å². The Bertz CT molecular complexity index is 686. The van der Waals surface area contributed by atoms with Crippen LogP contribution in [0.2, 0.25) is 0 Å². The fourth-order valence-corrected chi connectivity index (χ4v) is 2.58. The summed E-state index contributed by atoms with van der Waals surface area (Å²) in [5.74, 6) is 0. The van der Waals surface area contributed by atoms with E-state index < -0.39 is 0 Å². The molecule has 3 rings (SSSR count). The lowest BCUT2D eigenvalue weighted by Crippen LogP contribution is -2.29. The topological polar surface area (TPSA) is 51.8 Å². The fourth-order valence-electron chi connectivity index (χ4n) is 2.58. The molecule has 21 heavy (non-hydrogen) atoms. The molecule has 0 bridgehead atoms. The molecule has 1 aliphatic heterocycles. The minimum absolute atomic E-state index is 0.442. The average molecular weight is 276 g/mol. The SMILES string of the molecule is N#CCN1CCCc2cc(N=Nc3ccccc3)ccc21. The zero-order valence-corrected chi connectivity index (χ0v) is 11.7. The van der Waals surface area contributed by atoms with Crippen molar-refractivity contribution in [2.75, 3.05) is 18.0 Å². The third kappa shape index (κ3) is 3.09. The van der Waals surface area contributed by atoms with Crippen LogP contribution in [0, 0.1) is 11.3 Å². The smallest absolute Gasteiger partial charge is 0.105 e. The highest BCUT2D eigenvalue weighted by atomic mass is 15.1. The van der Waals surface area contributed by atoms with Crippen LogP contribution in [0.1, 0.15) is 12.0 Å². The Balaban J connectivity index is 1.83. The molecular weight excluding hydrogens is 260 g/mol. The lowest BCUT2D eigenvalue weighted by Gasteiger charge is -2.29. The van der Waals surface area contributed by atoms with Gasteiger partial charge < -0.3 is 4.90 Å². The number of rotatable bonds is 3. The van der Waals surface area contributed by atoms with Crippen molar-refractivity contribution < 1.29 is 0 Å². The monoisotopic (exact) mass is 276 g/mol. The van der Waals surface area contributed by atoms with Crippen LogP contribution in [0.4, 0.5) is 17.1 Å². The molecule has 1 heterocycles. The maximum Gasteiger partial charge on any atom is 0.105 e. The first-order valence-electron chi connectivity index (χ1n) is 7.08. The molecule has 0 saturated heterocycles. The van der Waals surface area contributed by atoms with Crippen LogP contribution >= 0.6 is 0 Å². The van der Waals surface area contributed by atoms with Crippen molar-refractivity contribution in [2.45, 2.75) is 12.8 Å². The molecule has 2 aromatic rings. The third-order valence-electron chi connectivity index (χ3n) is 3.58. The van der Waals surface area contributed by atoms with Gasteiger partial charge in [-0.2, -0.15) is 15.5 Å². The van der Waals surface area contributed by atoms with Gasteiger partial charge in [-0.1, -0.05) is 18.2 Å². The zero-order valence-electron chi connectivity index (χ0n) is 11.7. The fraction of sp³-hybridized carbons (Fsp3) is 0.235. The number of hydrogen-bond donors (Lipinski definition) is 0. The van der Waals surface area contributed by atoms with Crippen LogP contribution in [-0.2, 0) is 6.42 Å². The molecule has 0 spiro atoms. The highest BCUT2D eigenvalue weighted by molar-refractivity contribution is 5.61. The van der Waals surface area contributed by atoms with Crippen molar-refractivity contribution in [3.05, 3.63) is 54.1 Å². The van der Waals surface area contributed by atoms with Crippen LogP contribution in [0.15, 0.2) is 58.8 Å². The van der Waals surface area contributed by atoms with Crippen molar-refractivity contribution in [1.82, 2.24) is 0 Å². The predicted molar refractivity (Wildman–Crippen MR) is 83.2 cm³/mol. The van der Waals surface area contributed by atoms with E-state index in [1.165, 1.54) is 5.56 Å². The Morgan fingerprint density at radius 2 is 1.86 bits per heavy atom. The second-order valence-electron chi connectivity index (χ2n) is 5.03. The Morgan fingerprint density at radius 1 is 1.05 bits per heavy atom. The van der Waals surface area contributed by atoms with Crippen LogP contribution in [0.5, 0.6) is 0 Å². The molecule has 4 heteroatoms. The first kappa shape index (κ1) is 13.3. The first-order valence-corrected chi connectivity index (χ1v) is 7.08. The van der Waals surface area contributed by atoms with Gasteiger partial charge in [-0.3, -0.25) is 0 Å². The molecular formula is C17H16N4. The van der Waals surface area contributed by atoms with Crippen molar-refractivity contribution in [2.24, 2.45) is 10.2 Å². The molecule has 104 valence electrons. The van der Waals surface area contributed by atoms with Crippen LogP contribution in [0.25, 0.3) is 0 Å². The van der Waals surface area contributed by atoms with E-state index in [9.17, 15) is 0 Å². The summed E-state index contributed by atoms with van der Waals surface area (Å²) in [6.07, 6.45) is 2.11. The maximum absolute atomic E-state index is 8.88. The molecule has 2 aromatic carbocycles. The van der Waals surface area contributed by atoms with Crippen molar-refractivity contribution in [1.29, 1.82) is 5.26 Å². The van der Waals surface area contributed by atoms with Gasteiger partial charge in [0.1, 0.15) is 6.54 Å².